The number of carbonyl (C=O) groups is 1. The van der Waals surface area contributed by atoms with Crippen molar-refractivity contribution in [1.29, 1.82) is 0 Å². The van der Waals surface area contributed by atoms with Crippen molar-refractivity contribution in [2.45, 2.75) is 25.8 Å². The number of fused-ring (bicyclic) bond motifs is 2. The molecule has 2 aromatic carbocycles. The van der Waals surface area contributed by atoms with Crippen molar-refractivity contribution in [2.75, 3.05) is 26.9 Å². The van der Waals surface area contributed by atoms with Gasteiger partial charge in [0.15, 0.2) is 0 Å². The third-order valence-electron chi connectivity index (χ3n) is 5.03. The van der Waals surface area contributed by atoms with Crippen LogP contribution in [-0.4, -0.2) is 32.9 Å². The van der Waals surface area contributed by atoms with Gasteiger partial charge in [-0.15, -0.1) is 0 Å². The molecule has 0 fully saturated rings. The molecule has 0 spiro atoms. The van der Waals surface area contributed by atoms with Gasteiger partial charge < -0.3 is 24.8 Å². The number of amides is 2. The van der Waals surface area contributed by atoms with E-state index in [1.165, 1.54) is 16.7 Å². The third-order valence-corrected chi connectivity index (χ3v) is 5.03. The number of rotatable bonds is 6. The molecule has 2 aromatic rings. The second-order valence-corrected chi connectivity index (χ2v) is 6.72. The van der Waals surface area contributed by atoms with Crippen molar-refractivity contribution < 1.29 is 19.0 Å². The smallest absolute Gasteiger partial charge is 0.315 e. The van der Waals surface area contributed by atoms with Gasteiger partial charge in [-0.1, -0.05) is 12.1 Å². The Morgan fingerprint density at radius 2 is 1.93 bits per heavy atom. The Labute approximate surface area is 158 Å². The molecule has 2 amide bonds. The summed E-state index contributed by atoms with van der Waals surface area (Å²) in [6, 6.07) is 9.58. The summed E-state index contributed by atoms with van der Waals surface area (Å²) in [4.78, 5) is 12.1. The van der Waals surface area contributed by atoms with Gasteiger partial charge in [-0.25, -0.2) is 4.79 Å². The first-order valence-electron chi connectivity index (χ1n) is 9.32. The zero-order chi connectivity index (χ0) is 18.6. The van der Waals surface area contributed by atoms with Gasteiger partial charge in [-0.05, 0) is 30.2 Å². The quantitative estimate of drug-likeness (QED) is 0.822. The second-order valence-electron chi connectivity index (χ2n) is 6.72. The summed E-state index contributed by atoms with van der Waals surface area (Å²) in [6.45, 7) is 2.48. The average molecular weight is 368 g/mol. The number of methoxy groups -OCH3 is 1. The predicted octanol–water partition coefficient (Wildman–Crippen LogP) is 2.61. The summed E-state index contributed by atoms with van der Waals surface area (Å²) in [7, 11) is 1.63. The van der Waals surface area contributed by atoms with Gasteiger partial charge in [0.05, 0.1) is 20.3 Å². The molecule has 4 rings (SSSR count). The van der Waals surface area contributed by atoms with E-state index < -0.39 is 0 Å². The molecule has 0 saturated heterocycles. The van der Waals surface area contributed by atoms with Crippen molar-refractivity contribution >= 4 is 6.03 Å². The van der Waals surface area contributed by atoms with Crippen LogP contribution < -0.4 is 24.8 Å². The molecule has 27 heavy (non-hydrogen) atoms. The Hall–Kier alpha value is -2.89. The number of ether oxygens (including phenoxy) is 3. The average Bonchev–Trinajstić information content (AvgIpc) is 3.35. The van der Waals surface area contributed by atoms with E-state index in [1.54, 1.807) is 7.11 Å². The number of nitrogens with one attached hydrogen (secondary N) is 2. The number of hydrogen-bond acceptors (Lipinski definition) is 4. The van der Waals surface area contributed by atoms with E-state index in [0.29, 0.717) is 13.1 Å². The molecule has 6 nitrogen and oxygen atoms in total. The van der Waals surface area contributed by atoms with Crippen LogP contribution in [0.2, 0.25) is 0 Å². The molecule has 0 unspecified atom stereocenters. The lowest BCUT2D eigenvalue weighted by Gasteiger charge is -2.14. The Morgan fingerprint density at radius 1 is 1.11 bits per heavy atom. The van der Waals surface area contributed by atoms with Gasteiger partial charge in [0.25, 0.3) is 0 Å². The topological polar surface area (TPSA) is 68.8 Å². The first-order chi connectivity index (χ1) is 13.2. The minimum atomic E-state index is -0.174. The van der Waals surface area contributed by atoms with E-state index in [9.17, 15) is 4.79 Å². The van der Waals surface area contributed by atoms with Gasteiger partial charge in [0.1, 0.15) is 17.2 Å². The zero-order valence-electron chi connectivity index (χ0n) is 15.5. The maximum Gasteiger partial charge on any atom is 0.315 e. The normalized spacial score (nSPS) is 14.0. The van der Waals surface area contributed by atoms with Crippen molar-refractivity contribution in [3.05, 3.63) is 52.6 Å². The molecule has 0 aliphatic carbocycles. The van der Waals surface area contributed by atoms with Gasteiger partial charge in [-0.3, -0.25) is 0 Å². The summed E-state index contributed by atoms with van der Waals surface area (Å²) in [5, 5.41) is 5.82. The monoisotopic (exact) mass is 368 g/mol. The van der Waals surface area contributed by atoms with Crippen molar-refractivity contribution in [3.63, 3.8) is 0 Å². The van der Waals surface area contributed by atoms with E-state index in [0.717, 1.165) is 55.3 Å². The standard InChI is InChI=1S/C21H24N2O4/c1-25-16-4-2-14(3-5-16)13-23-21(24)22-9-6-18-17-8-11-26-19(17)12-15-7-10-27-20(15)18/h2-5,12H,6-11,13H2,1H3,(H2,22,23,24). The second kappa shape index (κ2) is 7.78. The first-order valence-corrected chi connectivity index (χ1v) is 9.32. The fourth-order valence-corrected chi connectivity index (χ4v) is 3.64. The van der Waals surface area contributed by atoms with Crippen molar-refractivity contribution in [2.24, 2.45) is 0 Å². The predicted molar refractivity (Wildman–Crippen MR) is 102 cm³/mol. The fraction of sp³-hybridized carbons (Fsp3) is 0.381. The SMILES string of the molecule is COc1ccc(CNC(=O)NCCc2c3c(cc4c2OCC4)OCC3)cc1. The lowest BCUT2D eigenvalue weighted by atomic mass is 9.97. The fourth-order valence-electron chi connectivity index (χ4n) is 3.64. The van der Waals surface area contributed by atoms with Crippen LogP contribution in [0.1, 0.15) is 22.3 Å². The van der Waals surface area contributed by atoms with Crippen LogP contribution in [0.4, 0.5) is 4.79 Å². The molecule has 142 valence electrons. The molecule has 2 N–H and O–H groups in total. The highest BCUT2D eigenvalue weighted by atomic mass is 16.5. The van der Waals surface area contributed by atoms with Crippen LogP contribution in [0, 0.1) is 0 Å². The highest BCUT2D eigenvalue weighted by Gasteiger charge is 2.26. The van der Waals surface area contributed by atoms with Crippen molar-refractivity contribution in [1.82, 2.24) is 10.6 Å². The highest BCUT2D eigenvalue weighted by Crippen LogP contribution is 2.40. The molecule has 6 heteroatoms. The van der Waals surface area contributed by atoms with Gasteiger partial charge >= 0.3 is 6.03 Å². The minimum absolute atomic E-state index is 0.174. The van der Waals surface area contributed by atoms with Crippen molar-refractivity contribution in [3.8, 4) is 17.2 Å². The first kappa shape index (κ1) is 17.5. The Bertz CT molecular complexity index is 801. The molecule has 0 aromatic heterocycles. The third kappa shape index (κ3) is 3.79. The molecule has 0 bridgehead atoms. The maximum atomic E-state index is 12.1. The van der Waals surface area contributed by atoms with Crippen LogP contribution in [0.5, 0.6) is 17.2 Å². The van der Waals surface area contributed by atoms with E-state index >= 15 is 0 Å². The molecular weight excluding hydrogens is 344 g/mol. The van der Waals surface area contributed by atoms with Crippen LogP contribution >= 0.6 is 0 Å². The van der Waals surface area contributed by atoms with Gasteiger partial charge in [0, 0.05) is 42.6 Å². The van der Waals surface area contributed by atoms with Gasteiger partial charge in [0.2, 0.25) is 0 Å². The summed E-state index contributed by atoms with van der Waals surface area (Å²) in [6.07, 6.45) is 2.57. The number of hydrogen-bond donors (Lipinski definition) is 2. The molecule has 0 radical (unpaired) electrons. The molecule has 2 aliphatic heterocycles. The summed E-state index contributed by atoms with van der Waals surface area (Å²) in [5.74, 6) is 2.79. The Balaban J connectivity index is 1.30. The Morgan fingerprint density at radius 3 is 2.74 bits per heavy atom. The summed E-state index contributed by atoms with van der Waals surface area (Å²) in [5.41, 5.74) is 4.66. The lowest BCUT2D eigenvalue weighted by molar-refractivity contribution is 0.240. The largest absolute Gasteiger partial charge is 0.497 e. The van der Waals surface area contributed by atoms with E-state index in [-0.39, 0.29) is 6.03 Å². The zero-order valence-corrected chi connectivity index (χ0v) is 15.5. The molecule has 0 saturated carbocycles. The molecule has 2 aliphatic rings. The van der Waals surface area contributed by atoms with Crippen LogP contribution in [-0.2, 0) is 25.8 Å². The molecule has 0 atom stereocenters. The van der Waals surface area contributed by atoms with Crippen LogP contribution in [0.25, 0.3) is 0 Å². The maximum absolute atomic E-state index is 12.1. The van der Waals surface area contributed by atoms with E-state index in [2.05, 4.69) is 16.7 Å². The minimum Gasteiger partial charge on any atom is -0.497 e. The van der Waals surface area contributed by atoms with Gasteiger partial charge in [-0.2, -0.15) is 0 Å². The Kier molecular flexibility index (Phi) is 5.05. The number of urea groups is 1. The van der Waals surface area contributed by atoms with Crippen LogP contribution in [0.3, 0.4) is 0 Å². The number of carbonyl (C=O) groups excluding carboxylic acids is 1. The summed E-state index contributed by atoms with van der Waals surface area (Å²) >= 11 is 0. The van der Waals surface area contributed by atoms with E-state index in [4.69, 9.17) is 14.2 Å². The molecular formula is C21H24N2O4. The lowest BCUT2D eigenvalue weighted by Crippen LogP contribution is -2.36. The van der Waals surface area contributed by atoms with E-state index in [1.807, 2.05) is 24.3 Å². The highest BCUT2D eigenvalue weighted by molar-refractivity contribution is 5.73. The number of benzene rings is 2. The summed E-state index contributed by atoms with van der Waals surface area (Å²) < 4.78 is 16.7. The molecule has 2 heterocycles. The van der Waals surface area contributed by atoms with Crippen LogP contribution in [0.15, 0.2) is 30.3 Å².